The zero-order chi connectivity index (χ0) is 19.1. The Kier molecular flexibility index (Phi) is 6.72. The van der Waals surface area contributed by atoms with Crippen LogP contribution < -0.4 is 10.6 Å². The van der Waals surface area contributed by atoms with E-state index in [1.807, 2.05) is 44.2 Å². The van der Waals surface area contributed by atoms with E-state index in [1.54, 1.807) is 12.1 Å². The molecular formula is C20H25N3O3. The molecule has 2 rings (SSSR count). The number of nitro groups is 1. The molecule has 6 heteroatoms. The topological polar surface area (TPSA) is 84.3 Å². The van der Waals surface area contributed by atoms with Crippen molar-refractivity contribution in [1.29, 1.82) is 0 Å². The van der Waals surface area contributed by atoms with Gasteiger partial charge in [-0.05, 0) is 38.0 Å². The molecule has 1 amide bonds. The highest BCUT2D eigenvalue weighted by Crippen LogP contribution is 2.31. The SMILES string of the molecule is CCCC(Nc1ccc(C(=O)NC(C)C)cc1[N+](=O)[O-])c1ccccc1. The van der Waals surface area contributed by atoms with Gasteiger partial charge >= 0.3 is 0 Å². The molecular weight excluding hydrogens is 330 g/mol. The summed E-state index contributed by atoms with van der Waals surface area (Å²) in [5.74, 6) is -0.317. The van der Waals surface area contributed by atoms with Crippen LogP contribution in [-0.2, 0) is 0 Å². The third-order valence-electron chi connectivity index (χ3n) is 3.99. The average molecular weight is 355 g/mol. The molecule has 0 saturated heterocycles. The van der Waals surface area contributed by atoms with Gasteiger partial charge in [0, 0.05) is 17.7 Å². The number of nitro benzene ring substituents is 1. The Balaban J connectivity index is 2.32. The van der Waals surface area contributed by atoms with Gasteiger partial charge in [-0.3, -0.25) is 14.9 Å². The average Bonchev–Trinajstić information content (AvgIpc) is 2.61. The van der Waals surface area contributed by atoms with Gasteiger partial charge in [0.2, 0.25) is 0 Å². The summed E-state index contributed by atoms with van der Waals surface area (Å²) in [6, 6.07) is 14.3. The second-order valence-electron chi connectivity index (χ2n) is 6.51. The quantitative estimate of drug-likeness (QED) is 0.531. The van der Waals surface area contributed by atoms with E-state index in [1.165, 1.54) is 6.07 Å². The van der Waals surface area contributed by atoms with Gasteiger partial charge in [-0.2, -0.15) is 0 Å². The molecule has 0 bridgehead atoms. The van der Waals surface area contributed by atoms with Crippen molar-refractivity contribution in [1.82, 2.24) is 5.32 Å². The third-order valence-corrected chi connectivity index (χ3v) is 3.99. The maximum absolute atomic E-state index is 12.1. The monoisotopic (exact) mass is 355 g/mol. The van der Waals surface area contributed by atoms with Gasteiger partial charge in [0.25, 0.3) is 11.6 Å². The molecule has 1 atom stereocenters. The van der Waals surface area contributed by atoms with Crippen LogP contribution in [0.4, 0.5) is 11.4 Å². The molecule has 2 aromatic rings. The fraction of sp³-hybridized carbons (Fsp3) is 0.350. The summed E-state index contributed by atoms with van der Waals surface area (Å²) in [5.41, 5.74) is 1.67. The van der Waals surface area contributed by atoms with Gasteiger partial charge in [0.05, 0.1) is 11.0 Å². The van der Waals surface area contributed by atoms with E-state index in [2.05, 4.69) is 17.6 Å². The molecule has 0 aliphatic carbocycles. The van der Waals surface area contributed by atoms with Crippen LogP contribution in [0.2, 0.25) is 0 Å². The van der Waals surface area contributed by atoms with Crippen molar-refractivity contribution < 1.29 is 9.72 Å². The van der Waals surface area contributed by atoms with E-state index in [0.29, 0.717) is 5.69 Å². The Hall–Kier alpha value is -2.89. The predicted octanol–water partition coefficient (Wildman–Crippen LogP) is 4.69. The Morgan fingerprint density at radius 3 is 2.42 bits per heavy atom. The molecule has 1 unspecified atom stereocenters. The molecule has 0 aliphatic heterocycles. The summed E-state index contributed by atoms with van der Waals surface area (Å²) < 4.78 is 0. The van der Waals surface area contributed by atoms with Gasteiger partial charge < -0.3 is 10.6 Å². The van der Waals surface area contributed by atoms with E-state index in [4.69, 9.17) is 0 Å². The van der Waals surface area contributed by atoms with E-state index < -0.39 is 4.92 Å². The molecule has 0 spiro atoms. The number of nitrogens with zero attached hydrogens (tertiary/aromatic N) is 1. The van der Waals surface area contributed by atoms with Crippen LogP contribution in [0.15, 0.2) is 48.5 Å². The van der Waals surface area contributed by atoms with Crippen LogP contribution in [0.3, 0.4) is 0 Å². The normalized spacial score (nSPS) is 11.8. The molecule has 138 valence electrons. The van der Waals surface area contributed by atoms with Gasteiger partial charge in [0.1, 0.15) is 5.69 Å². The minimum Gasteiger partial charge on any atom is -0.373 e. The lowest BCUT2D eigenvalue weighted by atomic mass is 10.0. The van der Waals surface area contributed by atoms with Crippen LogP contribution in [0.25, 0.3) is 0 Å². The van der Waals surface area contributed by atoms with Crippen LogP contribution in [0, 0.1) is 10.1 Å². The fourth-order valence-corrected chi connectivity index (χ4v) is 2.78. The van der Waals surface area contributed by atoms with Gasteiger partial charge in [-0.25, -0.2) is 0 Å². The molecule has 0 fully saturated rings. The van der Waals surface area contributed by atoms with Crippen LogP contribution in [0.5, 0.6) is 0 Å². The Morgan fingerprint density at radius 2 is 1.85 bits per heavy atom. The van der Waals surface area contributed by atoms with Gasteiger partial charge in [-0.1, -0.05) is 43.7 Å². The van der Waals surface area contributed by atoms with E-state index in [9.17, 15) is 14.9 Å². The molecule has 6 nitrogen and oxygen atoms in total. The summed E-state index contributed by atoms with van der Waals surface area (Å²) >= 11 is 0. The second kappa shape index (κ2) is 8.99. The molecule has 0 aliphatic rings. The first-order chi connectivity index (χ1) is 12.4. The number of hydrogen-bond donors (Lipinski definition) is 2. The summed E-state index contributed by atoms with van der Waals surface area (Å²) in [7, 11) is 0. The lowest BCUT2D eigenvalue weighted by molar-refractivity contribution is -0.384. The lowest BCUT2D eigenvalue weighted by Gasteiger charge is -2.20. The van der Waals surface area contributed by atoms with E-state index >= 15 is 0 Å². The zero-order valence-corrected chi connectivity index (χ0v) is 15.4. The number of carbonyl (C=O) groups excluding carboxylic acids is 1. The summed E-state index contributed by atoms with van der Waals surface area (Å²) in [5, 5.41) is 17.6. The van der Waals surface area contributed by atoms with Crippen molar-refractivity contribution in [2.24, 2.45) is 0 Å². The first-order valence-electron chi connectivity index (χ1n) is 8.83. The lowest BCUT2D eigenvalue weighted by Crippen LogP contribution is -2.30. The zero-order valence-electron chi connectivity index (χ0n) is 15.4. The highest BCUT2D eigenvalue weighted by Gasteiger charge is 2.20. The maximum atomic E-state index is 12.1. The second-order valence-corrected chi connectivity index (χ2v) is 6.51. The van der Waals surface area contributed by atoms with Crippen LogP contribution in [-0.4, -0.2) is 16.9 Å². The molecule has 26 heavy (non-hydrogen) atoms. The third kappa shape index (κ3) is 5.05. The predicted molar refractivity (Wildman–Crippen MR) is 103 cm³/mol. The highest BCUT2D eigenvalue weighted by atomic mass is 16.6. The highest BCUT2D eigenvalue weighted by molar-refractivity contribution is 5.95. The van der Waals surface area contributed by atoms with Crippen molar-refractivity contribution in [2.45, 2.75) is 45.7 Å². The number of anilines is 1. The number of amides is 1. The largest absolute Gasteiger partial charge is 0.373 e. The Morgan fingerprint density at radius 1 is 1.15 bits per heavy atom. The van der Waals surface area contributed by atoms with Gasteiger partial charge in [0.15, 0.2) is 0 Å². The summed E-state index contributed by atoms with van der Waals surface area (Å²) in [6.07, 6.45) is 1.78. The molecule has 2 N–H and O–H groups in total. The molecule has 0 saturated carbocycles. The van der Waals surface area contributed by atoms with Gasteiger partial charge in [-0.15, -0.1) is 0 Å². The van der Waals surface area contributed by atoms with Crippen molar-refractivity contribution in [2.75, 3.05) is 5.32 Å². The fourth-order valence-electron chi connectivity index (χ4n) is 2.78. The summed E-state index contributed by atoms with van der Waals surface area (Å²) in [6.45, 7) is 5.76. The smallest absolute Gasteiger partial charge is 0.293 e. The number of nitrogens with one attached hydrogen (secondary N) is 2. The Bertz CT molecular complexity index is 760. The van der Waals surface area contributed by atoms with Crippen molar-refractivity contribution >= 4 is 17.3 Å². The molecule has 2 aromatic carbocycles. The first-order valence-corrected chi connectivity index (χ1v) is 8.83. The minimum absolute atomic E-state index is 0.0322. The number of carbonyl (C=O) groups is 1. The minimum atomic E-state index is -0.456. The van der Waals surface area contributed by atoms with E-state index in [0.717, 1.165) is 18.4 Å². The number of hydrogen-bond acceptors (Lipinski definition) is 4. The molecule has 0 heterocycles. The first kappa shape index (κ1) is 19.4. The standard InChI is InChI=1S/C20H25N3O3/c1-4-8-17(15-9-6-5-7-10-15)22-18-12-11-16(13-19(18)23(25)26)20(24)21-14(2)3/h5-7,9-14,17,22H,4,8H2,1-3H3,(H,21,24). The number of benzene rings is 2. The molecule has 0 aromatic heterocycles. The van der Waals surface area contributed by atoms with Crippen molar-refractivity contribution in [3.8, 4) is 0 Å². The molecule has 0 radical (unpaired) electrons. The van der Waals surface area contributed by atoms with Crippen LogP contribution in [0.1, 0.15) is 55.6 Å². The maximum Gasteiger partial charge on any atom is 0.293 e. The summed E-state index contributed by atoms with van der Waals surface area (Å²) in [4.78, 5) is 23.2. The van der Waals surface area contributed by atoms with Crippen molar-refractivity contribution in [3.63, 3.8) is 0 Å². The number of rotatable bonds is 8. The van der Waals surface area contributed by atoms with E-state index in [-0.39, 0.29) is 29.2 Å². The Labute approximate surface area is 153 Å². The van der Waals surface area contributed by atoms with Crippen molar-refractivity contribution in [3.05, 3.63) is 69.8 Å². The van der Waals surface area contributed by atoms with Crippen LogP contribution >= 0.6 is 0 Å².